The molecular weight excluding hydrogens is 320 g/mol. The van der Waals surface area contributed by atoms with Crippen LogP contribution in [-0.2, 0) is 4.79 Å². The topological polar surface area (TPSA) is 46.3 Å². The molecule has 0 saturated carbocycles. The summed E-state index contributed by atoms with van der Waals surface area (Å²) in [6.45, 7) is 3.87. The van der Waals surface area contributed by atoms with Gasteiger partial charge in [-0.15, -0.1) is 0 Å². The number of piperidine rings is 1. The number of likely N-dealkylation sites (tertiary alicyclic amines) is 1. The fourth-order valence-electron chi connectivity index (χ4n) is 3.25. The minimum absolute atomic E-state index is 0.0223. The number of aldehydes is 1. The summed E-state index contributed by atoms with van der Waals surface area (Å²) in [5.74, 6) is 0.812. The van der Waals surface area contributed by atoms with Crippen LogP contribution >= 0.6 is 11.8 Å². The van der Waals surface area contributed by atoms with Crippen LogP contribution in [0.25, 0.3) is 11.3 Å². The average Bonchev–Trinajstić information content (AvgIpc) is 3.10. The predicted molar refractivity (Wildman–Crippen MR) is 98.2 cm³/mol. The molecule has 0 bridgehead atoms. The Bertz CT molecular complexity index is 668. The molecule has 3 rings (SSSR count). The fourth-order valence-corrected chi connectivity index (χ4v) is 3.70. The first kappa shape index (κ1) is 17.2. The minimum atomic E-state index is 0.0223. The van der Waals surface area contributed by atoms with E-state index < -0.39 is 0 Å². The molecule has 24 heavy (non-hydrogen) atoms. The molecule has 0 radical (unpaired) electrons. The summed E-state index contributed by atoms with van der Waals surface area (Å²) in [4.78, 5) is 13.6. The Morgan fingerprint density at radius 1 is 1.38 bits per heavy atom. The number of rotatable bonds is 6. The van der Waals surface area contributed by atoms with Crippen LogP contribution in [0.3, 0.4) is 0 Å². The van der Waals surface area contributed by atoms with Crippen molar-refractivity contribution in [3.63, 3.8) is 0 Å². The van der Waals surface area contributed by atoms with Crippen LogP contribution in [0.5, 0.6) is 0 Å². The third-order valence-electron chi connectivity index (χ3n) is 4.69. The van der Waals surface area contributed by atoms with Gasteiger partial charge < -0.3 is 9.32 Å². The van der Waals surface area contributed by atoms with Crippen molar-refractivity contribution in [2.75, 3.05) is 19.3 Å². The summed E-state index contributed by atoms with van der Waals surface area (Å²) >= 11 is 1.61. The van der Waals surface area contributed by atoms with Crippen molar-refractivity contribution in [3.8, 4) is 11.3 Å². The van der Waals surface area contributed by atoms with Crippen molar-refractivity contribution in [1.29, 1.82) is 0 Å². The lowest BCUT2D eigenvalue weighted by atomic mass is 9.98. The molecule has 4 nitrogen and oxygen atoms in total. The lowest BCUT2D eigenvalue weighted by Crippen LogP contribution is -2.38. The second-order valence-electron chi connectivity index (χ2n) is 6.40. The standard InChI is InChI=1S/C19H24N2O2S/c1-14-6-8-15(9-7-14)19-11-17(20-23-19)18-5-3-4-10-21(18)12-16(13-22)24-2/h6-9,11,13,16,18H,3-5,10,12H2,1-2H3. The van der Waals surface area contributed by atoms with Gasteiger partial charge in [-0.25, -0.2) is 0 Å². The minimum Gasteiger partial charge on any atom is -0.356 e. The zero-order valence-electron chi connectivity index (χ0n) is 14.3. The Labute approximate surface area is 147 Å². The van der Waals surface area contributed by atoms with Gasteiger partial charge in [0, 0.05) is 18.2 Å². The molecule has 1 aromatic carbocycles. The van der Waals surface area contributed by atoms with Gasteiger partial charge >= 0.3 is 0 Å². The van der Waals surface area contributed by atoms with Crippen molar-refractivity contribution in [2.45, 2.75) is 37.5 Å². The highest BCUT2D eigenvalue weighted by Crippen LogP contribution is 2.33. The molecule has 1 saturated heterocycles. The maximum absolute atomic E-state index is 11.2. The number of nitrogens with zero attached hydrogens (tertiary/aromatic N) is 2. The number of benzene rings is 1. The van der Waals surface area contributed by atoms with E-state index in [2.05, 4.69) is 47.3 Å². The molecule has 1 aromatic heterocycles. The molecule has 2 aromatic rings. The monoisotopic (exact) mass is 344 g/mol. The average molecular weight is 344 g/mol. The van der Waals surface area contributed by atoms with Crippen LogP contribution in [-0.4, -0.2) is 40.9 Å². The zero-order valence-corrected chi connectivity index (χ0v) is 15.1. The molecule has 0 spiro atoms. The van der Waals surface area contributed by atoms with E-state index >= 15 is 0 Å². The lowest BCUT2D eigenvalue weighted by Gasteiger charge is -2.35. The van der Waals surface area contributed by atoms with Crippen molar-refractivity contribution >= 4 is 18.0 Å². The van der Waals surface area contributed by atoms with Crippen LogP contribution in [0, 0.1) is 6.92 Å². The molecule has 0 aliphatic carbocycles. The Hall–Kier alpha value is -1.59. The predicted octanol–water partition coefficient (Wildman–Crippen LogP) is 4.11. The Morgan fingerprint density at radius 3 is 2.88 bits per heavy atom. The van der Waals surface area contributed by atoms with Crippen LogP contribution in [0.4, 0.5) is 0 Å². The van der Waals surface area contributed by atoms with Crippen molar-refractivity contribution in [1.82, 2.24) is 10.1 Å². The summed E-state index contributed by atoms with van der Waals surface area (Å²) in [6.07, 6.45) is 6.48. The van der Waals surface area contributed by atoms with Crippen LogP contribution in [0.1, 0.15) is 36.6 Å². The van der Waals surface area contributed by atoms with E-state index in [0.717, 1.165) is 42.8 Å². The normalized spacial score (nSPS) is 20.0. The SMILES string of the molecule is CSC(C=O)CN1CCCCC1c1cc(-c2ccc(C)cc2)on1. The number of thioether (sulfide) groups is 1. The van der Waals surface area contributed by atoms with Gasteiger partial charge in [0.05, 0.1) is 11.3 Å². The van der Waals surface area contributed by atoms with E-state index in [9.17, 15) is 4.79 Å². The van der Waals surface area contributed by atoms with Crippen molar-refractivity contribution in [2.24, 2.45) is 0 Å². The first-order valence-corrected chi connectivity index (χ1v) is 9.76. The van der Waals surface area contributed by atoms with E-state index in [-0.39, 0.29) is 11.3 Å². The molecule has 1 aliphatic rings. The van der Waals surface area contributed by atoms with E-state index in [1.165, 1.54) is 18.4 Å². The summed E-state index contributed by atoms with van der Waals surface area (Å²) in [6, 6.07) is 10.6. The van der Waals surface area contributed by atoms with Gasteiger partial charge in [-0.1, -0.05) is 41.4 Å². The highest BCUT2D eigenvalue weighted by atomic mass is 32.2. The Kier molecular flexibility index (Phi) is 5.74. The lowest BCUT2D eigenvalue weighted by molar-refractivity contribution is -0.107. The Morgan fingerprint density at radius 2 is 2.17 bits per heavy atom. The molecule has 0 amide bonds. The van der Waals surface area contributed by atoms with E-state index in [4.69, 9.17) is 4.52 Å². The van der Waals surface area contributed by atoms with Gasteiger partial charge in [0.2, 0.25) is 0 Å². The zero-order chi connectivity index (χ0) is 16.9. The smallest absolute Gasteiger partial charge is 0.167 e. The van der Waals surface area contributed by atoms with Crippen LogP contribution < -0.4 is 0 Å². The molecule has 1 fully saturated rings. The molecule has 5 heteroatoms. The highest BCUT2D eigenvalue weighted by molar-refractivity contribution is 7.99. The van der Waals surface area contributed by atoms with Gasteiger partial charge in [0.1, 0.15) is 12.0 Å². The van der Waals surface area contributed by atoms with Crippen LogP contribution in [0.2, 0.25) is 0 Å². The fraction of sp³-hybridized carbons (Fsp3) is 0.474. The number of carbonyl (C=O) groups excluding carboxylic acids is 1. The third-order valence-corrected chi connectivity index (χ3v) is 5.55. The summed E-state index contributed by atoms with van der Waals surface area (Å²) < 4.78 is 5.60. The number of carbonyl (C=O) groups is 1. The second-order valence-corrected chi connectivity index (χ2v) is 7.48. The third kappa shape index (κ3) is 3.90. The Balaban J connectivity index is 1.78. The van der Waals surface area contributed by atoms with Crippen molar-refractivity contribution < 1.29 is 9.32 Å². The quantitative estimate of drug-likeness (QED) is 0.738. The maximum atomic E-state index is 11.2. The summed E-state index contributed by atoms with van der Waals surface area (Å²) in [7, 11) is 0. The molecule has 0 N–H and O–H groups in total. The molecule has 2 atom stereocenters. The van der Waals surface area contributed by atoms with E-state index in [1.807, 2.05) is 6.26 Å². The van der Waals surface area contributed by atoms with E-state index in [0.29, 0.717) is 0 Å². The van der Waals surface area contributed by atoms with Gasteiger partial charge in [-0.05, 0) is 32.6 Å². The summed E-state index contributed by atoms with van der Waals surface area (Å²) in [5, 5.41) is 4.36. The van der Waals surface area contributed by atoms with Crippen molar-refractivity contribution in [3.05, 3.63) is 41.6 Å². The summed E-state index contributed by atoms with van der Waals surface area (Å²) in [5.41, 5.74) is 3.27. The van der Waals surface area contributed by atoms with Gasteiger partial charge in [-0.3, -0.25) is 4.90 Å². The number of hydrogen-bond donors (Lipinski definition) is 0. The first-order valence-electron chi connectivity index (χ1n) is 8.47. The highest BCUT2D eigenvalue weighted by Gasteiger charge is 2.28. The molecule has 1 aliphatic heterocycles. The first-order chi connectivity index (χ1) is 11.7. The molecular formula is C19H24N2O2S. The van der Waals surface area contributed by atoms with Gasteiger partial charge in [0.25, 0.3) is 0 Å². The van der Waals surface area contributed by atoms with Gasteiger partial charge in [-0.2, -0.15) is 11.8 Å². The second kappa shape index (κ2) is 7.99. The number of hydrogen-bond acceptors (Lipinski definition) is 5. The largest absolute Gasteiger partial charge is 0.356 e. The van der Waals surface area contributed by atoms with Gasteiger partial charge in [0.15, 0.2) is 5.76 Å². The molecule has 2 heterocycles. The number of aryl methyl sites for hydroxylation is 1. The molecule has 128 valence electrons. The molecule has 2 unspecified atom stereocenters. The maximum Gasteiger partial charge on any atom is 0.167 e. The van der Waals surface area contributed by atoms with E-state index in [1.54, 1.807) is 11.8 Å². The number of aromatic nitrogens is 1. The van der Waals surface area contributed by atoms with Crippen LogP contribution in [0.15, 0.2) is 34.9 Å².